The molecule has 0 spiro atoms. The van der Waals surface area contributed by atoms with Crippen LogP contribution in [-0.2, 0) is 4.79 Å². The third kappa shape index (κ3) is 2.89. The van der Waals surface area contributed by atoms with E-state index in [0.717, 1.165) is 29.7 Å². The molecule has 0 saturated heterocycles. The van der Waals surface area contributed by atoms with Crippen molar-refractivity contribution in [2.24, 2.45) is 11.0 Å². The van der Waals surface area contributed by atoms with Gasteiger partial charge in [-0.2, -0.15) is 5.10 Å². The number of carbonyl (C=O) groups is 1. The van der Waals surface area contributed by atoms with Crippen LogP contribution in [0.4, 0.5) is 0 Å². The Bertz CT molecular complexity index is 784. The molecule has 4 rings (SSSR count). The fraction of sp³-hybridized carbons (Fsp3) is 0.316. The van der Waals surface area contributed by atoms with E-state index in [1.807, 2.05) is 24.3 Å². The minimum absolute atomic E-state index is 0.0321. The number of para-hydroxylation sites is 1. The summed E-state index contributed by atoms with van der Waals surface area (Å²) in [7, 11) is 0. The minimum Gasteiger partial charge on any atom is -0.508 e. The highest BCUT2D eigenvalue weighted by Crippen LogP contribution is 2.39. The van der Waals surface area contributed by atoms with Crippen LogP contribution in [0.25, 0.3) is 0 Å². The van der Waals surface area contributed by atoms with Gasteiger partial charge in [0.1, 0.15) is 5.75 Å². The van der Waals surface area contributed by atoms with E-state index in [1.54, 1.807) is 29.5 Å². The Hall–Kier alpha value is -2.69. The zero-order valence-corrected chi connectivity index (χ0v) is 13.3. The molecule has 1 saturated carbocycles. The first-order chi connectivity index (χ1) is 11.7. The summed E-state index contributed by atoms with van der Waals surface area (Å²) in [5, 5.41) is 16.4. The van der Waals surface area contributed by atoms with Crippen LogP contribution in [0.2, 0.25) is 0 Å². The van der Waals surface area contributed by atoms with Crippen LogP contribution in [0.1, 0.15) is 42.9 Å². The summed E-state index contributed by atoms with van der Waals surface area (Å²) in [6.07, 6.45) is 6.85. The number of benzene rings is 1. The predicted octanol–water partition coefficient (Wildman–Crippen LogP) is 3.27. The van der Waals surface area contributed by atoms with E-state index in [4.69, 9.17) is 0 Å². The molecule has 1 fully saturated rings. The van der Waals surface area contributed by atoms with E-state index in [-0.39, 0.29) is 17.7 Å². The summed E-state index contributed by atoms with van der Waals surface area (Å²) < 4.78 is 0. The topological polar surface area (TPSA) is 65.8 Å². The van der Waals surface area contributed by atoms with Crippen molar-refractivity contribution in [1.82, 2.24) is 9.99 Å². The normalized spacial score (nSPS) is 20.1. The van der Waals surface area contributed by atoms with Gasteiger partial charge in [0.2, 0.25) is 5.91 Å². The summed E-state index contributed by atoms with van der Waals surface area (Å²) in [6, 6.07) is 10.7. The van der Waals surface area contributed by atoms with Gasteiger partial charge in [0.05, 0.1) is 11.8 Å². The number of hydrogen-bond acceptors (Lipinski definition) is 4. The number of rotatable bonds is 4. The number of aromatic nitrogens is 1. The second-order valence-electron chi connectivity index (χ2n) is 6.45. The van der Waals surface area contributed by atoms with Crippen molar-refractivity contribution in [1.29, 1.82) is 0 Å². The molecule has 1 aromatic carbocycles. The zero-order valence-electron chi connectivity index (χ0n) is 13.3. The fourth-order valence-electron chi connectivity index (χ4n) is 3.12. The minimum atomic E-state index is -0.257. The first-order valence-electron chi connectivity index (χ1n) is 8.30. The Morgan fingerprint density at radius 3 is 2.75 bits per heavy atom. The first kappa shape index (κ1) is 14.9. The number of nitrogens with zero attached hydrogens (tertiary/aromatic N) is 3. The molecule has 2 heterocycles. The van der Waals surface area contributed by atoms with Gasteiger partial charge >= 0.3 is 0 Å². The summed E-state index contributed by atoms with van der Waals surface area (Å²) >= 11 is 0. The highest BCUT2D eigenvalue weighted by atomic mass is 16.3. The molecule has 1 aliphatic heterocycles. The largest absolute Gasteiger partial charge is 0.508 e. The average molecular weight is 321 g/mol. The second-order valence-corrected chi connectivity index (χ2v) is 6.45. The number of hydrazone groups is 1. The van der Waals surface area contributed by atoms with E-state index in [9.17, 15) is 9.90 Å². The lowest BCUT2D eigenvalue weighted by Gasteiger charge is -2.22. The molecular formula is C19H19N3O2. The molecule has 1 aliphatic carbocycles. The van der Waals surface area contributed by atoms with Crippen molar-refractivity contribution >= 4 is 11.6 Å². The lowest BCUT2D eigenvalue weighted by atomic mass is 9.98. The Morgan fingerprint density at radius 1 is 1.21 bits per heavy atom. The number of amides is 1. The molecule has 1 N–H and O–H groups in total. The molecule has 1 atom stereocenters. The van der Waals surface area contributed by atoms with Crippen LogP contribution >= 0.6 is 0 Å². The molecule has 24 heavy (non-hydrogen) atoms. The highest BCUT2D eigenvalue weighted by molar-refractivity contribution is 6.03. The van der Waals surface area contributed by atoms with Gasteiger partial charge in [-0.1, -0.05) is 24.3 Å². The van der Waals surface area contributed by atoms with Crippen molar-refractivity contribution in [2.75, 3.05) is 0 Å². The van der Waals surface area contributed by atoms with E-state index in [2.05, 4.69) is 10.1 Å². The van der Waals surface area contributed by atoms with Gasteiger partial charge in [0.15, 0.2) is 0 Å². The Balaban J connectivity index is 1.67. The number of carbonyl (C=O) groups excluding carboxylic acids is 1. The third-order valence-electron chi connectivity index (χ3n) is 4.62. The van der Waals surface area contributed by atoms with Gasteiger partial charge in [-0.3, -0.25) is 9.78 Å². The first-order valence-corrected chi connectivity index (χ1v) is 8.30. The Kier molecular flexibility index (Phi) is 3.76. The number of hydrogen-bond donors (Lipinski definition) is 1. The van der Waals surface area contributed by atoms with Gasteiger partial charge in [0, 0.05) is 36.4 Å². The van der Waals surface area contributed by atoms with Gasteiger partial charge in [-0.15, -0.1) is 0 Å². The molecule has 122 valence electrons. The third-order valence-corrected chi connectivity index (χ3v) is 4.62. The van der Waals surface area contributed by atoms with Crippen molar-refractivity contribution < 1.29 is 9.90 Å². The number of phenols is 1. The maximum atomic E-state index is 12.7. The van der Waals surface area contributed by atoms with E-state index >= 15 is 0 Å². The smallest absolute Gasteiger partial charge is 0.243 e. The quantitative estimate of drug-likeness (QED) is 0.940. The van der Waals surface area contributed by atoms with Gasteiger partial charge in [0.25, 0.3) is 0 Å². The predicted molar refractivity (Wildman–Crippen MR) is 90.4 cm³/mol. The van der Waals surface area contributed by atoms with E-state index < -0.39 is 0 Å². The monoisotopic (exact) mass is 321 g/mol. The molecule has 5 nitrogen and oxygen atoms in total. The second kappa shape index (κ2) is 6.07. The maximum absolute atomic E-state index is 12.7. The Labute approximate surface area is 140 Å². The number of pyridine rings is 1. The molecule has 0 radical (unpaired) electrons. The van der Waals surface area contributed by atoms with Crippen LogP contribution in [0.15, 0.2) is 53.9 Å². The molecule has 1 aromatic heterocycles. The lowest BCUT2D eigenvalue weighted by molar-refractivity contribution is -0.133. The molecular weight excluding hydrogens is 302 g/mol. The maximum Gasteiger partial charge on any atom is 0.243 e. The van der Waals surface area contributed by atoms with Crippen LogP contribution in [0.5, 0.6) is 5.75 Å². The molecule has 0 bridgehead atoms. The highest BCUT2D eigenvalue weighted by Gasteiger charge is 2.36. The van der Waals surface area contributed by atoms with Crippen LogP contribution in [0, 0.1) is 5.92 Å². The van der Waals surface area contributed by atoms with Crippen molar-refractivity contribution in [3.63, 3.8) is 0 Å². The van der Waals surface area contributed by atoms with Gasteiger partial charge in [-0.05, 0) is 30.9 Å². The summed E-state index contributed by atoms with van der Waals surface area (Å²) in [5.74, 6) is 0.735. The SMILES string of the molecule is O=C(CC1CC1)N1N=C(c2cccnc2)CC1c1ccccc1O. The van der Waals surface area contributed by atoms with Crippen molar-refractivity contribution in [2.45, 2.75) is 31.7 Å². The number of aromatic hydroxyl groups is 1. The standard InChI is InChI=1S/C19H19N3O2/c23-18-6-2-1-5-15(18)17-11-16(14-4-3-9-20-12-14)21-22(17)19(24)10-13-7-8-13/h1-6,9,12-13,17,23H,7-8,10-11H2. The summed E-state index contributed by atoms with van der Waals surface area (Å²) in [5.41, 5.74) is 2.49. The van der Waals surface area contributed by atoms with Gasteiger partial charge < -0.3 is 5.11 Å². The van der Waals surface area contributed by atoms with E-state index in [1.165, 1.54) is 0 Å². The van der Waals surface area contributed by atoms with Gasteiger partial charge in [-0.25, -0.2) is 5.01 Å². The van der Waals surface area contributed by atoms with E-state index in [0.29, 0.717) is 18.8 Å². The molecule has 1 amide bonds. The molecule has 2 aliphatic rings. The zero-order chi connectivity index (χ0) is 16.5. The average Bonchev–Trinajstić information content (AvgIpc) is 3.31. The van der Waals surface area contributed by atoms with Crippen LogP contribution < -0.4 is 0 Å². The molecule has 2 aromatic rings. The fourth-order valence-corrected chi connectivity index (χ4v) is 3.12. The molecule has 1 unspecified atom stereocenters. The van der Waals surface area contributed by atoms with Crippen LogP contribution in [-0.4, -0.2) is 26.7 Å². The Morgan fingerprint density at radius 2 is 2.04 bits per heavy atom. The molecule has 5 heteroatoms. The number of phenolic OH excluding ortho intramolecular Hbond substituents is 1. The summed E-state index contributed by atoms with van der Waals surface area (Å²) in [6.45, 7) is 0. The van der Waals surface area contributed by atoms with Crippen molar-refractivity contribution in [3.8, 4) is 5.75 Å². The summed E-state index contributed by atoms with van der Waals surface area (Å²) in [4.78, 5) is 16.8. The lowest BCUT2D eigenvalue weighted by Crippen LogP contribution is -2.27. The van der Waals surface area contributed by atoms with Crippen molar-refractivity contribution in [3.05, 3.63) is 59.9 Å². The van der Waals surface area contributed by atoms with Crippen LogP contribution in [0.3, 0.4) is 0 Å².